The van der Waals surface area contributed by atoms with Crippen LogP contribution in [-0.2, 0) is 68.0 Å². The molecule has 3 aromatic carbocycles. The molecule has 3 aromatic rings. The lowest BCUT2D eigenvalue weighted by atomic mass is 10.1. The molecular weight excluding hydrogens is 1360 g/mol. The highest BCUT2D eigenvalue weighted by molar-refractivity contribution is 5.78. The van der Waals surface area contributed by atoms with Crippen LogP contribution in [0.4, 0.5) is 0 Å². The van der Waals surface area contributed by atoms with Crippen molar-refractivity contribution in [1.29, 1.82) is 0 Å². The quantitative estimate of drug-likeness (QED) is 0.0511. The number of carbonyl (C=O) groups excluding carboxylic acids is 6. The van der Waals surface area contributed by atoms with Crippen LogP contribution in [-0.4, -0.2) is 153 Å². The summed E-state index contributed by atoms with van der Waals surface area (Å²) in [6.07, 6.45) is 50.3. The monoisotopic (exact) mass is 1520 g/mol. The molecule has 0 saturated heterocycles. The Kier molecular flexibility index (Phi) is 53.4. The van der Waals surface area contributed by atoms with Gasteiger partial charge in [-0.3, -0.25) is 38.6 Å². The molecule has 622 valence electrons. The van der Waals surface area contributed by atoms with Crippen molar-refractivity contribution >= 4 is 35.4 Å². The topological polar surface area (TPSA) is 128 Å². The lowest BCUT2D eigenvalue weighted by Gasteiger charge is -2.33. The lowest BCUT2D eigenvalue weighted by Crippen LogP contribution is -2.45. The van der Waals surface area contributed by atoms with Crippen LogP contribution in [0.15, 0.2) is 72.8 Å². The zero-order valence-electron chi connectivity index (χ0n) is 71.6. The fraction of sp³-hybridized carbons (Fsp3) is 0.750. The Hall–Kier alpha value is -5.60. The van der Waals surface area contributed by atoms with E-state index in [2.05, 4.69) is 154 Å². The van der Waals surface area contributed by atoms with Gasteiger partial charge in [-0.05, 0) is 71.9 Å². The van der Waals surface area contributed by atoms with Gasteiger partial charge in [-0.15, -0.1) is 0 Å². The highest BCUT2D eigenvalue weighted by atomic mass is 16.2. The van der Waals surface area contributed by atoms with E-state index in [0.717, 1.165) is 149 Å². The summed E-state index contributed by atoms with van der Waals surface area (Å²) < 4.78 is 0. The summed E-state index contributed by atoms with van der Waals surface area (Å²) in [5.41, 5.74) is 6.26. The molecule has 8 bridgehead atoms. The number of nitrogens with zero attached hydrogens (tertiary/aromatic N) is 8. The molecule has 110 heavy (non-hydrogen) atoms. The summed E-state index contributed by atoms with van der Waals surface area (Å²) in [7, 11) is 0. The molecule has 0 unspecified atom stereocenters. The van der Waals surface area contributed by atoms with Gasteiger partial charge in [0.25, 0.3) is 0 Å². The lowest BCUT2D eigenvalue weighted by molar-refractivity contribution is -0.134. The number of hydrogen-bond donors (Lipinski definition) is 0. The van der Waals surface area contributed by atoms with Gasteiger partial charge >= 0.3 is 0 Å². The zero-order valence-corrected chi connectivity index (χ0v) is 71.6. The highest BCUT2D eigenvalue weighted by Gasteiger charge is 2.26. The maximum Gasteiger partial charge on any atom is 0.222 e. The minimum atomic E-state index is 0.154. The van der Waals surface area contributed by atoms with Gasteiger partial charge in [0.05, 0.1) is 0 Å². The molecule has 0 aromatic heterocycles. The average Bonchev–Trinajstić information content (AvgIpc) is 0.866. The fourth-order valence-corrected chi connectivity index (χ4v) is 15.9. The number of rotatable bonds is 48. The van der Waals surface area contributed by atoms with Gasteiger partial charge in [0.2, 0.25) is 35.4 Å². The zero-order chi connectivity index (χ0) is 78.7. The second-order valence-electron chi connectivity index (χ2n) is 33.3. The number of benzene rings is 3. The third-order valence-electron chi connectivity index (χ3n) is 23.5. The summed E-state index contributed by atoms with van der Waals surface area (Å²) in [6.45, 7) is 22.6. The number of unbranched alkanes of at least 4 members (excludes halogenated alkanes) is 36. The molecule has 14 nitrogen and oxygen atoms in total. The molecular formula is C96H162N8O6. The van der Waals surface area contributed by atoms with Crippen molar-refractivity contribution in [3.8, 4) is 0 Å². The van der Waals surface area contributed by atoms with Crippen molar-refractivity contribution in [3.05, 3.63) is 106 Å². The Morgan fingerprint density at radius 2 is 0.300 bits per heavy atom. The minimum Gasteiger partial charge on any atom is -0.337 e. The maximum atomic E-state index is 14.9. The smallest absolute Gasteiger partial charge is 0.222 e. The molecule has 0 atom stereocenters. The second kappa shape index (κ2) is 61.9. The van der Waals surface area contributed by atoms with Gasteiger partial charge in [-0.25, -0.2) is 0 Å². The fourth-order valence-electron chi connectivity index (χ4n) is 15.9. The van der Waals surface area contributed by atoms with E-state index in [1.54, 1.807) is 0 Å². The van der Waals surface area contributed by atoms with Gasteiger partial charge in [0.1, 0.15) is 0 Å². The van der Waals surface area contributed by atoms with Crippen LogP contribution in [0.5, 0.6) is 0 Å². The Labute approximate surface area is 673 Å². The van der Waals surface area contributed by atoms with E-state index in [9.17, 15) is 28.8 Å². The van der Waals surface area contributed by atoms with Crippen molar-refractivity contribution in [1.82, 2.24) is 39.2 Å². The van der Waals surface area contributed by atoms with Gasteiger partial charge < -0.3 is 29.4 Å². The molecule has 0 radical (unpaired) electrons. The molecule has 0 fully saturated rings. The number of amides is 6. The first kappa shape index (κ1) is 95.0. The van der Waals surface area contributed by atoms with Crippen LogP contribution in [0.25, 0.3) is 0 Å². The van der Waals surface area contributed by atoms with E-state index in [1.807, 2.05) is 0 Å². The normalized spacial score (nSPS) is 16.2. The Morgan fingerprint density at radius 1 is 0.182 bits per heavy atom. The van der Waals surface area contributed by atoms with Crippen molar-refractivity contribution < 1.29 is 28.8 Å². The first-order chi connectivity index (χ1) is 53.9. The third kappa shape index (κ3) is 43.0. The van der Waals surface area contributed by atoms with Gasteiger partial charge in [-0.1, -0.05) is 345 Å². The highest BCUT2D eigenvalue weighted by Crippen LogP contribution is 2.23. The molecule has 14 heteroatoms. The van der Waals surface area contributed by atoms with E-state index in [1.165, 1.54) is 154 Å². The summed E-state index contributed by atoms with van der Waals surface area (Å²) >= 11 is 0. The van der Waals surface area contributed by atoms with Crippen LogP contribution in [0.2, 0.25) is 0 Å². The minimum absolute atomic E-state index is 0.154. The van der Waals surface area contributed by atoms with Crippen molar-refractivity contribution in [3.63, 3.8) is 0 Å². The van der Waals surface area contributed by atoms with Crippen LogP contribution >= 0.6 is 0 Å². The van der Waals surface area contributed by atoms with E-state index >= 15 is 0 Å². The third-order valence-corrected chi connectivity index (χ3v) is 23.5. The molecule has 0 aliphatic carbocycles. The van der Waals surface area contributed by atoms with Crippen molar-refractivity contribution in [2.75, 3.05) is 78.5 Å². The molecule has 0 N–H and O–H groups in total. The summed E-state index contributed by atoms with van der Waals surface area (Å²) in [4.78, 5) is 107. The largest absolute Gasteiger partial charge is 0.337 e. The molecule has 12 aliphatic rings. The Bertz CT molecular complexity index is 2360. The van der Waals surface area contributed by atoms with E-state index in [4.69, 9.17) is 0 Å². The van der Waals surface area contributed by atoms with Crippen LogP contribution in [0.1, 0.15) is 383 Å². The standard InChI is InChI=1S/C96H162N8O6/c1-7-13-19-25-31-37-43-49-91(105)99-73-67-97-68-74-100(92(106)50-44-38-32-26-20-14-8-2)81-87-59-63-89(64-60-87)83-103(95(109)53-47-41-35-29-23-17-11-5)77-71-98(70-76-102(80-86-57-55-85(79-99)56-58-86)94(108)52-46-40-34-28-22-16-10-4)72-78-104(96(110)54-48-42-36-30-24-18-12-6)84-90-65-61-88(62-66-90)82-101(75-69-97)93(107)51-45-39-33-27-21-15-9-3/h55-66H,7-54,67-84H2,1-6H3. The van der Waals surface area contributed by atoms with E-state index < -0.39 is 0 Å². The molecule has 12 heterocycles. The average molecular weight is 1520 g/mol. The van der Waals surface area contributed by atoms with Crippen LogP contribution in [0, 0.1) is 0 Å². The van der Waals surface area contributed by atoms with Gasteiger partial charge in [0, 0.05) is 156 Å². The first-order valence-corrected chi connectivity index (χ1v) is 46.2. The number of hydrogen-bond acceptors (Lipinski definition) is 8. The second-order valence-corrected chi connectivity index (χ2v) is 33.3. The summed E-state index contributed by atoms with van der Waals surface area (Å²) in [5, 5.41) is 0. The predicted molar refractivity (Wildman–Crippen MR) is 460 cm³/mol. The van der Waals surface area contributed by atoms with Crippen LogP contribution < -0.4 is 0 Å². The molecule has 0 spiro atoms. The van der Waals surface area contributed by atoms with Gasteiger partial charge in [0.15, 0.2) is 0 Å². The first-order valence-electron chi connectivity index (χ1n) is 46.2. The van der Waals surface area contributed by atoms with Crippen molar-refractivity contribution in [2.45, 2.75) is 389 Å². The van der Waals surface area contributed by atoms with E-state index in [-0.39, 0.29) is 35.4 Å². The van der Waals surface area contributed by atoms with Crippen molar-refractivity contribution in [2.24, 2.45) is 0 Å². The van der Waals surface area contributed by atoms with Crippen LogP contribution in [0.3, 0.4) is 0 Å². The Morgan fingerprint density at radius 3 is 0.427 bits per heavy atom. The Balaban J connectivity index is 1.68. The molecule has 12 aliphatic heterocycles. The van der Waals surface area contributed by atoms with Gasteiger partial charge in [-0.2, -0.15) is 0 Å². The maximum absolute atomic E-state index is 14.9. The van der Waals surface area contributed by atoms with E-state index in [0.29, 0.717) is 156 Å². The summed E-state index contributed by atoms with van der Waals surface area (Å²) in [6, 6.07) is 26.0. The molecule has 0 saturated carbocycles. The SMILES string of the molecule is CCCCCCCCCC(=O)N1CCN2CCN(C(=O)CCCCCCCCC)Cc3ccc(cc3)CN(C(=O)CCCCCCCCC)CCN(CCN(C(=O)CCCCCCCCC)Cc3ccc(cc3)C1)CCN(C(=O)CCCCCCCCC)Cc1ccc(cc1)CN(C(=O)CCCCCCCCC)CC2. The molecule has 15 rings (SSSR count). The predicted octanol–water partition coefficient (Wildman–Crippen LogP) is 22.5. The molecule has 6 amide bonds. The summed E-state index contributed by atoms with van der Waals surface area (Å²) in [5.74, 6) is 0.927. The number of carbonyl (C=O) groups is 6.